The Hall–Kier alpha value is -1.24. The number of halogens is 1. The fraction of sp³-hybridized carbons (Fsp3) is 0.765. The van der Waals surface area contributed by atoms with Crippen molar-refractivity contribution < 1.29 is 23.5 Å². The van der Waals surface area contributed by atoms with E-state index < -0.39 is 16.6 Å². The summed E-state index contributed by atoms with van der Waals surface area (Å²) in [6, 6.07) is -0.270. The molecule has 1 saturated carbocycles. The van der Waals surface area contributed by atoms with Gasteiger partial charge in [-0.05, 0) is 20.3 Å². The number of hydrogen-bond acceptors (Lipinski definition) is 9. The van der Waals surface area contributed by atoms with E-state index >= 15 is 0 Å². The van der Waals surface area contributed by atoms with Crippen LogP contribution in [0.4, 0.5) is 0 Å². The highest BCUT2D eigenvalue weighted by atomic mass is 35.5. The van der Waals surface area contributed by atoms with Gasteiger partial charge >= 0.3 is 0 Å². The second-order valence-electron chi connectivity index (χ2n) is 7.55. The Morgan fingerprint density at radius 3 is 2.83 bits per heavy atom. The standard InChI is InChI=1S/C17H24ClN5O5S/c1-4-7-29(25)16-19-14(18)11-15(20-16)23(22-21-11)9-8-10(26-6-5-24)13-12(9)27-17(2,3)28-13/h9-10,12-13,24H,4-8H2,1-3H3/t9-,10+,12-,13+,29?/m0/s1. The first kappa shape index (κ1) is 21.0. The van der Waals surface area contributed by atoms with Crippen LogP contribution in [0.25, 0.3) is 11.2 Å². The Kier molecular flexibility index (Phi) is 5.88. The van der Waals surface area contributed by atoms with Crippen LogP contribution < -0.4 is 0 Å². The van der Waals surface area contributed by atoms with E-state index in [1.807, 2.05) is 20.8 Å². The lowest BCUT2D eigenvalue weighted by molar-refractivity contribution is -0.171. The first-order chi connectivity index (χ1) is 13.8. The van der Waals surface area contributed by atoms with Crippen molar-refractivity contribution in [1.29, 1.82) is 0 Å². The monoisotopic (exact) mass is 445 g/mol. The van der Waals surface area contributed by atoms with E-state index in [-0.39, 0.29) is 47.9 Å². The smallest absolute Gasteiger partial charge is 0.222 e. The van der Waals surface area contributed by atoms with Crippen LogP contribution in [0.5, 0.6) is 0 Å². The van der Waals surface area contributed by atoms with E-state index in [4.69, 9.17) is 30.9 Å². The molecule has 5 atom stereocenters. The van der Waals surface area contributed by atoms with Crippen LogP contribution in [0.2, 0.25) is 5.15 Å². The summed E-state index contributed by atoms with van der Waals surface area (Å²) in [7, 11) is -1.36. The molecule has 0 amide bonds. The first-order valence-electron chi connectivity index (χ1n) is 9.59. The summed E-state index contributed by atoms with van der Waals surface area (Å²) in [5.74, 6) is -0.328. The van der Waals surface area contributed by atoms with Crippen LogP contribution in [0, 0.1) is 0 Å². The molecule has 0 aromatic carbocycles. The second-order valence-corrected chi connectivity index (χ2v) is 9.38. The van der Waals surface area contributed by atoms with Crippen molar-refractivity contribution in [3.8, 4) is 0 Å². The van der Waals surface area contributed by atoms with Crippen molar-refractivity contribution >= 4 is 33.6 Å². The third kappa shape index (κ3) is 3.91. The van der Waals surface area contributed by atoms with Crippen molar-refractivity contribution in [2.45, 2.75) is 68.9 Å². The third-order valence-electron chi connectivity index (χ3n) is 4.97. The Labute approximate surface area is 175 Å². The predicted molar refractivity (Wildman–Crippen MR) is 104 cm³/mol. The van der Waals surface area contributed by atoms with Crippen molar-refractivity contribution in [2.75, 3.05) is 19.0 Å². The molecule has 10 nitrogen and oxygen atoms in total. The Morgan fingerprint density at radius 2 is 2.10 bits per heavy atom. The summed E-state index contributed by atoms with van der Waals surface area (Å²) in [6.45, 7) is 5.75. The molecule has 0 bridgehead atoms. The SMILES string of the molecule is CCCS(=O)c1nc(Cl)c2nnn([C@H]3C[C@@H](OCCO)[C@H]4OC(C)(C)O[C@H]43)c2n1. The van der Waals surface area contributed by atoms with Gasteiger partial charge in [-0.2, -0.15) is 4.98 Å². The van der Waals surface area contributed by atoms with E-state index in [9.17, 15) is 4.21 Å². The number of ether oxygens (including phenoxy) is 3. The molecule has 1 aliphatic carbocycles. The fourth-order valence-electron chi connectivity index (χ4n) is 3.90. The van der Waals surface area contributed by atoms with Gasteiger partial charge < -0.3 is 19.3 Å². The van der Waals surface area contributed by atoms with Crippen molar-refractivity contribution in [2.24, 2.45) is 0 Å². The van der Waals surface area contributed by atoms with Gasteiger partial charge in [0, 0.05) is 12.2 Å². The topological polar surface area (TPSA) is 121 Å². The van der Waals surface area contributed by atoms with Crippen LogP contribution in [-0.2, 0) is 25.0 Å². The van der Waals surface area contributed by atoms with E-state index in [2.05, 4.69) is 20.3 Å². The second kappa shape index (κ2) is 8.12. The zero-order valence-electron chi connectivity index (χ0n) is 16.4. The number of rotatable bonds is 7. The molecular weight excluding hydrogens is 422 g/mol. The molecule has 2 aromatic rings. The van der Waals surface area contributed by atoms with Crippen LogP contribution in [0.1, 0.15) is 39.7 Å². The summed E-state index contributed by atoms with van der Waals surface area (Å²) in [5, 5.41) is 17.8. The Balaban J connectivity index is 1.72. The van der Waals surface area contributed by atoms with Gasteiger partial charge in [-0.25, -0.2) is 9.67 Å². The molecule has 0 spiro atoms. The molecule has 160 valence electrons. The quantitative estimate of drug-likeness (QED) is 0.495. The minimum atomic E-state index is -1.36. The molecule has 1 unspecified atom stereocenters. The van der Waals surface area contributed by atoms with Crippen LogP contribution in [0.15, 0.2) is 5.16 Å². The number of aliphatic hydroxyl groups is 1. The predicted octanol–water partition coefficient (Wildman–Crippen LogP) is 1.23. The Morgan fingerprint density at radius 1 is 1.34 bits per heavy atom. The normalized spacial score (nSPS) is 29.4. The highest BCUT2D eigenvalue weighted by Crippen LogP contribution is 2.45. The van der Waals surface area contributed by atoms with E-state index in [0.29, 0.717) is 23.3 Å². The molecule has 3 heterocycles. The van der Waals surface area contributed by atoms with Gasteiger partial charge in [0.2, 0.25) is 5.16 Å². The molecule has 12 heteroatoms. The number of fused-ring (bicyclic) bond motifs is 2. The number of aromatic nitrogens is 5. The first-order valence-corrected chi connectivity index (χ1v) is 11.3. The van der Waals surface area contributed by atoms with Crippen LogP contribution in [0.3, 0.4) is 0 Å². The van der Waals surface area contributed by atoms with Crippen molar-refractivity contribution in [1.82, 2.24) is 25.0 Å². The molecule has 0 radical (unpaired) electrons. The van der Waals surface area contributed by atoms with Gasteiger partial charge in [0.25, 0.3) is 0 Å². The average Bonchev–Trinajstić information content (AvgIpc) is 3.31. The maximum atomic E-state index is 12.4. The highest BCUT2D eigenvalue weighted by molar-refractivity contribution is 7.84. The molecule has 4 rings (SSSR count). The maximum absolute atomic E-state index is 12.4. The lowest BCUT2D eigenvalue weighted by atomic mass is 10.2. The zero-order chi connectivity index (χ0) is 20.8. The zero-order valence-corrected chi connectivity index (χ0v) is 18.0. The number of aliphatic hydroxyl groups excluding tert-OH is 1. The maximum Gasteiger partial charge on any atom is 0.222 e. The molecular formula is C17H24ClN5O5S. The summed E-state index contributed by atoms with van der Waals surface area (Å²) in [4.78, 5) is 8.60. The lowest BCUT2D eigenvalue weighted by Gasteiger charge is -2.23. The van der Waals surface area contributed by atoms with Gasteiger partial charge in [-0.15, -0.1) is 5.10 Å². The molecule has 2 aliphatic rings. The van der Waals surface area contributed by atoms with E-state index in [0.717, 1.165) is 6.42 Å². The van der Waals surface area contributed by atoms with Gasteiger partial charge in [-0.3, -0.25) is 4.21 Å². The molecule has 2 fully saturated rings. The number of nitrogens with zero attached hydrogens (tertiary/aromatic N) is 5. The minimum Gasteiger partial charge on any atom is -0.394 e. The highest BCUT2D eigenvalue weighted by Gasteiger charge is 2.56. The van der Waals surface area contributed by atoms with Gasteiger partial charge in [0.15, 0.2) is 22.1 Å². The lowest BCUT2D eigenvalue weighted by Crippen LogP contribution is -2.31. The molecule has 1 aliphatic heterocycles. The van der Waals surface area contributed by atoms with Crippen molar-refractivity contribution in [3.63, 3.8) is 0 Å². The molecule has 2 aromatic heterocycles. The van der Waals surface area contributed by atoms with Gasteiger partial charge in [0.1, 0.15) is 12.2 Å². The largest absolute Gasteiger partial charge is 0.394 e. The van der Waals surface area contributed by atoms with Gasteiger partial charge in [-0.1, -0.05) is 23.7 Å². The Bertz CT molecular complexity index is 925. The van der Waals surface area contributed by atoms with Crippen molar-refractivity contribution in [3.05, 3.63) is 5.15 Å². The minimum absolute atomic E-state index is 0.0789. The summed E-state index contributed by atoms with van der Waals surface area (Å²) in [6.07, 6.45) is 0.353. The average molecular weight is 446 g/mol. The number of hydrogen-bond donors (Lipinski definition) is 1. The van der Waals surface area contributed by atoms with Crippen LogP contribution >= 0.6 is 11.6 Å². The summed E-state index contributed by atoms with van der Waals surface area (Å²) >= 11 is 6.27. The van der Waals surface area contributed by atoms with E-state index in [1.54, 1.807) is 4.68 Å². The summed E-state index contributed by atoms with van der Waals surface area (Å²) < 4.78 is 32.0. The summed E-state index contributed by atoms with van der Waals surface area (Å²) in [5.41, 5.74) is 0.752. The van der Waals surface area contributed by atoms with E-state index in [1.165, 1.54) is 0 Å². The molecule has 29 heavy (non-hydrogen) atoms. The molecule has 1 saturated heterocycles. The van der Waals surface area contributed by atoms with Gasteiger partial charge in [0.05, 0.1) is 36.2 Å². The molecule has 1 N–H and O–H groups in total. The van der Waals surface area contributed by atoms with Crippen LogP contribution in [-0.4, -0.2) is 77.3 Å². The fourth-order valence-corrected chi connectivity index (χ4v) is 5.08. The third-order valence-corrected chi connectivity index (χ3v) is 6.61.